The highest BCUT2D eigenvalue weighted by Gasteiger charge is 2.28. The van der Waals surface area contributed by atoms with E-state index in [9.17, 15) is 16.8 Å². The first-order chi connectivity index (χ1) is 14.5. The average Bonchev–Trinajstić information content (AvgIpc) is 3.04. The minimum atomic E-state index is -4.06. The molecule has 0 fully saturated rings. The van der Waals surface area contributed by atoms with Gasteiger partial charge in [-0.1, -0.05) is 32.0 Å². The van der Waals surface area contributed by atoms with E-state index >= 15 is 0 Å². The van der Waals surface area contributed by atoms with Crippen LogP contribution >= 0.6 is 0 Å². The molecule has 2 heterocycles. The lowest BCUT2D eigenvalue weighted by molar-refractivity contribution is 0.496. The molecular formula is C20H23N5O4S2. The van der Waals surface area contributed by atoms with Crippen LogP contribution in [0.4, 0.5) is 11.4 Å². The van der Waals surface area contributed by atoms with Crippen molar-refractivity contribution in [3.8, 4) is 0 Å². The zero-order valence-corrected chi connectivity index (χ0v) is 19.0. The number of nitrogens with zero attached hydrogens (tertiary/aromatic N) is 3. The van der Waals surface area contributed by atoms with Crippen molar-refractivity contribution in [2.45, 2.75) is 31.7 Å². The van der Waals surface area contributed by atoms with Gasteiger partial charge in [0.15, 0.2) is 5.84 Å². The molecule has 0 saturated heterocycles. The molecular weight excluding hydrogens is 438 g/mol. The number of sulfonamides is 2. The molecule has 1 aliphatic heterocycles. The molecule has 4 rings (SSSR count). The predicted molar refractivity (Wildman–Crippen MR) is 121 cm³/mol. The number of aromatic nitrogens is 2. The topological polar surface area (TPSA) is 123 Å². The molecule has 2 N–H and O–H groups in total. The Kier molecular flexibility index (Phi) is 5.26. The Morgan fingerprint density at radius 2 is 1.90 bits per heavy atom. The van der Waals surface area contributed by atoms with E-state index in [1.54, 1.807) is 0 Å². The number of hydrogen-bond donors (Lipinski definition) is 2. The molecule has 0 saturated carbocycles. The summed E-state index contributed by atoms with van der Waals surface area (Å²) in [6.45, 7) is 4.97. The minimum absolute atomic E-state index is 0.103. The van der Waals surface area contributed by atoms with E-state index in [2.05, 4.69) is 33.4 Å². The van der Waals surface area contributed by atoms with Crippen molar-refractivity contribution in [3.63, 3.8) is 0 Å². The molecule has 0 spiro atoms. The van der Waals surface area contributed by atoms with Crippen LogP contribution in [0.2, 0.25) is 0 Å². The van der Waals surface area contributed by atoms with E-state index in [1.807, 2.05) is 28.9 Å². The van der Waals surface area contributed by atoms with Crippen LogP contribution in [0.25, 0.3) is 10.9 Å². The number of hydrogen-bond acceptors (Lipinski definition) is 6. The largest absolute Gasteiger partial charge is 0.337 e. The number of aryl methyl sites for hydroxylation is 1. The van der Waals surface area contributed by atoms with E-state index in [-0.39, 0.29) is 16.4 Å². The fraction of sp³-hybridized carbons (Fsp3) is 0.300. The van der Waals surface area contributed by atoms with Gasteiger partial charge in [0, 0.05) is 17.6 Å². The SMILES string of the molecule is CC(C)CCn1nc(C2=NS(=O)(=O)c3cc(NS(C)(=O)=O)ccc3N2)c2ccccc21. The van der Waals surface area contributed by atoms with Crippen molar-refractivity contribution in [1.29, 1.82) is 0 Å². The summed E-state index contributed by atoms with van der Waals surface area (Å²) in [6, 6.07) is 11.9. The normalized spacial score (nSPS) is 15.4. The standard InChI is InChI=1S/C20H23N5O4S2/c1-13(2)10-11-25-17-7-5-4-6-15(17)19(22-25)20-21-16-9-8-14(23-30(3,26)27)12-18(16)31(28,29)24-20/h4-9,12-13,23H,10-11H2,1-3H3,(H,21,24). The number of rotatable bonds is 6. The van der Waals surface area contributed by atoms with Crippen molar-refractivity contribution < 1.29 is 16.8 Å². The average molecular weight is 462 g/mol. The van der Waals surface area contributed by atoms with Crippen molar-refractivity contribution in [3.05, 3.63) is 48.2 Å². The summed E-state index contributed by atoms with van der Waals surface area (Å²) in [5, 5.41) is 8.50. The molecule has 3 aromatic rings. The highest BCUT2D eigenvalue weighted by Crippen LogP contribution is 2.32. The Hall–Kier alpha value is -2.92. The highest BCUT2D eigenvalue weighted by atomic mass is 32.2. The lowest BCUT2D eigenvalue weighted by Gasteiger charge is -2.18. The first-order valence-corrected chi connectivity index (χ1v) is 13.1. The summed E-state index contributed by atoms with van der Waals surface area (Å²) in [4.78, 5) is -0.103. The molecule has 0 radical (unpaired) electrons. The number of anilines is 2. The van der Waals surface area contributed by atoms with Crippen LogP contribution in [-0.4, -0.2) is 38.7 Å². The Morgan fingerprint density at radius 3 is 2.61 bits per heavy atom. The molecule has 1 aliphatic rings. The molecule has 0 atom stereocenters. The molecule has 2 aromatic carbocycles. The van der Waals surface area contributed by atoms with Gasteiger partial charge in [-0.3, -0.25) is 9.40 Å². The summed E-state index contributed by atoms with van der Waals surface area (Å²) in [6.07, 6.45) is 1.93. The molecule has 0 aliphatic carbocycles. The summed E-state index contributed by atoms with van der Waals surface area (Å²) in [5.41, 5.74) is 1.81. The van der Waals surface area contributed by atoms with Gasteiger partial charge in [-0.2, -0.15) is 13.5 Å². The van der Waals surface area contributed by atoms with Crippen molar-refractivity contribution >= 4 is 48.2 Å². The zero-order valence-electron chi connectivity index (χ0n) is 17.3. The van der Waals surface area contributed by atoms with Crippen LogP contribution in [0.1, 0.15) is 26.0 Å². The Labute approximate surface area is 181 Å². The third-order valence-electron chi connectivity index (χ3n) is 4.83. The molecule has 0 amide bonds. The van der Waals surface area contributed by atoms with Crippen LogP contribution in [0.3, 0.4) is 0 Å². The maximum Gasteiger partial charge on any atom is 0.286 e. The van der Waals surface area contributed by atoms with Gasteiger partial charge in [0.2, 0.25) is 10.0 Å². The van der Waals surface area contributed by atoms with Gasteiger partial charge in [-0.25, -0.2) is 8.42 Å². The molecule has 11 heteroatoms. The smallest absolute Gasteiger partial charge is 0.286 e. The predicted octanol–water partition coefficient (Wildman–Crippen LogP) is 3.01. The van der Waals surface area contributed by atoms with Crippen LogP contribution in [0.15, 0.2) is 51.8 Å². The monoisotopic (exact) mass is 461 g/mol. The number of fused-ring (bicyclic) bond motifs is 2. The maximum atomic E-state index is 12.9. The summed E-state index contributed by atoms with van der Waals surface area (Å²) < 4.78 is 56.8. The van der Waals surface area contributed by atoms with E-state index in [0.29, 0.717) is 23.8 Å². The van der Waals surface area contributed by atoms with Gasteiger partial charge in [-0.15, -0.1) is 4.40 Å². The van der Waals surface area contributed by atoms with Gasteiger partial charge in [0.1, 0.15) is 10.6 Å². The van der Waals surface area contributed by atoms with E-state index < -0.39 is 20.0 Å². The molecule has 31 heavy (non-hydrogen) atoms. The zero-order chi connectivity index (χ0) is 22.4. The van der Waals surface area contributed by atoms with Gasteiger partial charge in [0.25, 0.3) is 10.0 Å². The maximum absolute atomic E-state index is 12.9. The summed E-state index contributed by atoms with van der Waals surface area (Å²) in [7, 11) is -7.60. The highest BCUT2D eigenvalue weighted by molar-refractivity contribution is 7.92. The number of amidine groups is 1. The molecule has 164 valence electrons. The van der Waals surface area contributed by atoms with E-state index in [4.69, 9.17) is 0 Å². The van der Waals surface area contributed by atoms with E-state index in [0.717, 1.165) is 23.6 Å². The van der Waals surface area contributed by atoms with Crippen LogP contribution in [0, 0.1) is 5.92 Å². The first kappa shape index (κ1) is 21.3. The fourth-order valence-corrected chi connectivity index (χ4v) is 5.09. The second kappa shape index (κ2) is 7.65. The number of benzene rings is 2. The third-order valence-corrected chi connectivity index (χ3v) is 6.75. The summed E-state index contributed by atoms with van der Waals surface area (Å²) in [5.74, 6) is 0.634. The second-order valence-electron chi connectivity index (χ2n) is 7.90. The van der Waals surface area contributed by atoms with Crippen LogP contribution < -0.4 is 10.0 Å². The van der Waals surface area contributed by atoms with Crippen LogP contribution in [0.5, 0.6) is 0 Å². The summed E-state index contributed by atoms with van der Waals surface area (Å²) >= 11 is 0. The fourth-order valence-electron chi connectivity index (χ4n) is 3.39. The Balaban J connectivity index is 1.77. The first-order valence-electron chi connectivity index (χ1n) is 9.73. The Morgan fingerprint density at radius 1 is 1.16 bits per heavy atom. The molecule has 0 bridgehead atoms. The van der Waals surface area contributed by atoms with Gasteiger partial charge in [0.05, 0.1) is 17.5 Å². The molecule has 0 unspecified atom stereocenters. The quantitative estimate of drug-likeness (QED) is 0.582. The second-order valence-corrected chi connectivity index (χ2v) is 11.2. The minimum Gasteiger partial charge on any atom is -0.337 e. The third kappa shape index (κ3) is 4.42. The van der Waals surface area contributed by atoms with Crippen molar-refractivity contribution in [2.24, 2.45) is 10.3 Å². The lowest BCUT2D eigenvalue weighted by Crippen LogP contribution is -2.23. The van der Waals surface area contributed by atoms with Gasteiger partial charge in [-0.05, 0) is 36.6 Å². The molecule has 9 nitrogen and oxygen atoms in total. The van der Waals surface area contributed by atoms with Gasteiger partial charge < -0.3 is 5.32 Å². The van der Waals surface area contributed by atoms with E-state index in [1.165, 1.54) is 18.2 Å². The van der Waals surface area contributed by atoms with Gasteiger partial charge >= 0.3 is 0 Å². The number of para-hydroxylation sites is 1. The van der Waals surface area contributed by atoms with Crippen molar-refractivity contribution in [2.75, 3.05) is 16.3 Å². The lowest BCUT2D eigenvalue weighted by atomic mass is 10.1. The van der Waals surface area contributed by atoms with Crippen molar-refractivity contribution in [1.82, 2.24) is 9.78 Å². The number of nitrogens with one attached hydrogen (secondary N) is 2. The molecule has 1 aromatic heterocycles. The Bertz CT molecular complexity index is 1410. The van der Waals surface area contributed by atoms with Crippen LogP contribution in [-0.2, 0) is 26.6 Å².